The predicted octanol–water partition coefficient (Wildman–Crippen LogP) is 2.99. The number of aryl methyl sites for hydroxylation is 2. The number of amides is 2. The number of nitrogens with one attached hydrogen (secondary N) is 1. The van der Waals surface area contributed by atoms with Crippen molar-refractivity contribution in [1.29, 1.82) is 0 Å². The molecule has 31 heavy (non-hydrogen) atoms. The molecule has 0 bridgehead atoms. The Balaban J connectivity index is 1.54. The number of carbonyl (C=O) groups excluding carboxylic acids is 3. The van der Waals surface area contributed by atoms with E-state index < -0.39 is 18.5 Å². The minimum absolute atomic E-state index is 0.129. The zero-order valence-corrected chi connectivity index (χ0v) is 17.9. The number of benzene rings is 2. The Hall–Kier alpha value is -3.94. The van der Waals surface area contributed by atoms with E-state index in [1.54, 1.807) is 67.3 Å². The number of anilines is 1. The summed E-state index contributed by atoms with van der Waals surface area (Å²) in [5.41, 5.74) is 4.08. The molecule has 0 aliphatic rings. The molecule has 2 amide bonds. The van der Waals surface area contributed by atoms with Crippen molar-refractivity contribution in [3.8, 4) is 5.69 Å². The molecule has 1 N–H and O–H groups in total. The van der Waals surface area contributed by atoms with Crippen LogP contribution >= 0.6 is 0 Å². The van der Waals surface area contributed by atoms with Crippen LogP contribution in [0.25, 0.3) is 5.69 Å². The Kier molecular flexibility index (Phi) is 6.49. The molecule has 0 aliphatic carbocycles. The molecular formula is C23H24N4O4. The van der Waals surface area contributed by atoms with E-state index in [9.17, 15) is 14.4 Å². The monoisotopic (exact) mass is 420 g/mol. The van der Waals surface area contributed by atoms with E-state index in [-0.39, 0.29) is 5.91 Å². The third-order valence-corrected chi connectivity index (χ3v) is 4.51. The molecule has 0 unspecified atom stereocenters. The van der Waals surface area contributed by atoms with Crippen molar-refractivity contribution in [2.45, 2.75) is 13.8 Å². The highest BCUT2D eigenvalue weighted by atomic mass is 16.5. The van der Waals surface area contributed by atoms with Gasteiger partial charge >= 0.3 is 5.97 Å². The third-order valence-electron chi connectivity index (χ3n) is 4.51. The molecule has 1 aromatic heterocycles. The van der Waals surface area contributed by atoms with Crippen LogP contribution in [0.5, 0.6) is 0 Å². The fourth-order valence-electron chi connectivity index (χ4n) is 2.99. The van der Waals surface area contributed by atoms with Gasteiger partial charge in [0.25, 0.3) is 11.8 Å². The molecule has 0 saturated carbocycles. The Morgan fingerprint density at radius 3 is 2.13 bits per heavy atom. The maximum absolute atomic E-state index is 12.2. The number of nitrogens with zero attached hydrogens (tertiary/aromatic N) is 3. The molecule has 0 saturated heterocycles. The normalized spacial score (nSPS) is 10.5. The van der Waals surface area contributed by atoms with Crippen LogP contribution in [0.3, 0.4) is 0 Å². The van der Waals surface area contributed by atoms with Crippen molar-refractivity contribution < 1.29 is 19.1 Å². The topological polar surface area (TPSA) is 93.5 Å². The summed E-state index contributed by atoms with van der Waals surface area (Å²) in [6.45, 7) is 3.45. The number of carbonyl (C=O) groups is 3. The second kappa shape index (κ2) is 9.25. The molecule has 0 aliphatic heterocycles. The first-order valence-electron chi connectivity index (χ1n) is 9.67. The molecule has 0 radical (unpaired) electrons. The van der Waals surface area contributed by atoms with E-state index >= 15 is 0 Å². The average Bonchev–Trinajstić information content (AvgIpc) is 3.10. The van der Waals surface area contributed by atoms with Crippen molar-refractivity contribution in [2.75, 3.05) is 26.0 Å². The molecule has 0 spiro atoms. The summed E-state index contributed by atoms with van der Waals surface area (Å²) < 4.78 is 6.88. The van der Waals surface area contributed by atoms with Crippen LogP contribution in [-0.4, -0.2) is 53.2 Å². The van der Waals surface area contributed by atoms with Gasteiger partial charge in [-0.2, -0.15) is 5.10 Å². The van der Waals surface area contributed by atoms with Gasteiger partial charge in [-0.15, -0.1) is 0 Å². The SMILES string of the molecule is Cc1cc(C)n(-c2ccc(C(=O)OCC(=O)Nc3ccc(C(=O)N(C)C)cc3)cc2)n1. The largest absolute Gasteiger partial charge is 0.452 e. The lowest BCUT2D eigenvalue weighted by atomic mass is 10.2. The fourth-order valence-corrected chi connectivity index (χ4v) is 2.99. The summed E-state index contributed by atoms with van der Waals surface area (Å²) in [7, 11) is 3.33. The van der Waals surface area contributed by atoms with Crippen LogP contribution in [0.1, 0.15) is 32.1 Å². The average molecular weight is 420 g/mol. The molecule has 2 aromatic carbocycles. The Morgan fingerprint density at radius 2 is 1.58 bits per heavy atom. The van der Waals surface area contributed by atoms with Crippen molar-refractivity contribution in [3.63, 3.8) is 0 Å². The molecule has 3 aromatic rings. The summed E-state index contributed by atoms with van der Waals surface area (Å²) in [5, 5.41) is 7.04. The second-order valence-electron chi connectivity index (χ2n) is 7.29. The van der Waals surface area contributed by atoms with E-state index in [2.05, 4.69) is 10.4 Å². The maximum atomic E-state index is 12.2. The summed E-state index contributed by atoms with van der Waals surface area (Å²) >= 11 is 0. The van der Waals surface area contributed by atoms with E-state index in [1.165, 1.54) is 4.90 Å². The van der Waals surface area contributed by atoms with E-state index in [4.69, 9.17) is 4.74 Å². The molecule has 8 nitrogen and oxygen atoms in total. The van der Waals surface area contributed by atoms with Crippen LogP contribution in [0.15, 0.2) is 54.6 Å². The van der Waals surface area contributed by atoms with Gasteiger partial charge < -0.3 is 15.0 Å². The van der Waals surface area contributed by atoms with Crippen LogP contribution in [0, 0.1) is 13.8 Å². The number of ether oxygens (including phenoxy) is 1. The van der Waals surface area contributed by atoms with Gasteiger partial charge in [-0.25, -0.2) is 9.48 Å². The van der Waals surface area contributed by atoms with Gasteiger partial charge in [-0.1, -0.05) is 0 Å². The molecule has 8 heteroatoms. The van der Waals surface area contributed by atoms with Crippen LogP contribution in [0.2, 0.25) is 0 Å². The molecular weight excluding hydrogens is 396 g/mol. The van der Waals surface area contributed by atoms with E-state index in [0.717, 1.165) is 17.1 Å². The lowest BCUT2D eigenvalue weighted by molar-refractivity contribution is -0.119. The van der Waals surface area contributed by atoms with Crippen molar-refractivity contribution >= 4 is 23.5 Å². The number of hydrogen-bond donors (Lipinski definition) is 1. The zero-order valence-electron chi connectivity index (χ0n) is 17.9. The highest BCUT2D eigenvalue weighted by Crippen LogP contribution is 2.14. The summed E-state index contributed by atoms with van der Waals surface area (Å²) in [6.07, 6.45) is 0. The van der Waals surface area contributed by atoms with Gasteiger partial charge in [0.15, 0.2) is 6.61 Å². The first-order chi connectivity index (χ1) is 14.7. The van der Waals surface area contributed by atoms with Crippen LogP contribution in [0.4, 0.5) is 5.69 Å². The molecule has 0 fully saturated rings. The van der Waals surface area contributed by atoms with E-state index in [0.29, 0.717) is 16.8 Å². The smallest absolute Gasteiger partial charge is 0.338 e. The number of esters is 1. The molecule has 3 rings (SSSR count). The predicted molar refractivity (Wildman–Crippen MR) is 116 cm³/mol. The van der Waals surface area contributed by atoms with Crippen LogP contribution < -0.4 is 5.32 Å². The molecule has 1 heterocycles. The fraction of sp³-hybridized carbons (Fsp3) is 0.217. The Labute approximate surface area is 180 Å². The third kappa shape index (κ3) is 5.36. The van der Waals surface area contributed by atoms with Gasteiger partial charge in [0.05, 0.1) is 16.9 Å². The van der Waals surface area contributed by atoms with Crippen LogP contribution in [-0.2, 0) is 9.53 Å². The molecule has 160 valence electrons. The van der Waals surface area contributed by atoms with Crippen molar-refractivity contribution in [3.05, 3.63) is 77.1 Å². The zero-order chi connectivity index (χ0) is 22.5. The second-order valence-corrected chi connectivity index (χ2v) is 7.29. The number of aromatic nitrogens is 2. The minimum Gasteiger partial charge on any atom is -0.452 e. The minimum atomic E-state index is -0.595. The first kappa shape index (κ1) is 21.8. The van der Waals surface area contributed by atoms with E-state index in [1.807, 2.05) is 19.9 Å². The van der Waals surface area contributed by atoms with Crippen molar-refractivity contribution in [1.82, 2.24) is 14.7 Å². The maximum Gasteiger partial charge on any atom is 0.338 e. The Bertz CT molecular complexity index is 1100. The summed E-state index contributed by atoms with van der Waals surface area (Å²) in [5.74, 6) is -1.20. The standard InChI is InChI=1S/C23H24N4O4/c1-15-13-16(2)27(25-15)20-11-7-18(8-12-20)23(30)31-14-21(28)24-19-9-5-17(6-10-19)22(29)26(3)4/h5-13H,14H2,1-4H3,(H,24,28). The lowest BCUT2D eigenvalue weighted by Crippen LogP contribution is -2.22. The highest BCUT2D eigenvalue weighted by Gasteiger charge is 2.12. The van der Waals surface area contributed by atoms with Gasteiger partial charge in [-0.3, -0.25) is 9.59 Å². The summed E-state index contributed by atoms with van der Waals surface area (Å²) in [4.78, 5) is 37.7. The van der Waals surface area contributed by atoms with Crippen molar-refractivity contribution in [2.24, 2.45) is 0 Å². The number of rotatable bonds is 6. The summed E-state index contributed by atoms with van der Waals surface area (Å²) in [6, 6.07) is 15.2. The number of hydrogen-bond acceptors (Lipinski definition) is 5. The quantitative estimate of drug-likeness (QED) is 0.619. The van der Waals surface area contributed by atoms with Gasteiger partial charge in [0.1, 0.15) is 0 Å². The lowest BCUT2D eigenvalue weighted by Gasteiger charge is -2.11. The van der Waals surface area contributed by atoms with Gasteiger partial charge in [0.2, 0.25) is 0 Å². The highest BCUT2D eigenvalue weighted by molar-refractivity contribution is 5.97. The Morgan fingerprint density at radius 1 is 0.968 bits per heavy atom. The van der Waals surface area contributed by atoms with Gasteiger partial charge in [-0.05, 0) is 68.4 Å². The first-order valence-corrected chi connectivity index (χ1v) is 9.67. The van der Waals surface area contributed by atoms with Gasteiger partial charge in [0, 0.05) is 31.0 Å². The molecule has 0 atom stereocenters.